The summed E-state index contributed by atoms with van der Waals surface area (Å²) in [7, 11) is 0. The normalized spacial score (nSPS) is 18.4. The molecule has 1 aliphatic rings. The van der Waals surface area contributed by atoms with Gasteiger partial charge >= 0.3 is 0 Å². The second-order valence-electron chi connectivity index (χ2n) is 8.89. The summed E-state index contributed by atoms with van der Waals surface area (Å²) in [5.41, 5.74) is 4.66. The van der Waals surface area contributed by atoms with E-state index in [0.29, 0.717) is 22.8 Å². The van der Waals surface area contributed by atoms with Gasteiger partial charge in [0.1, 0.15) is 5.82 Å². The first-order valence-corrected chi connectivity index (χ1v) is 11.7. The number of nitrogens with zero attached hydrogens (tertiary/aromatic N) is 6. The molecule has 1 amide bonds. The van der Waals surface area contributed by atoms with Crippen molar-refractivity contribution in [2.75, 3.05) is 6.54 Å². The number of carbonyl (C=O) groups is 1. The van der Waals surface area contributed by atoms with Crippen molar-refractivity contribution < 1.29 is 4.79 Å². The van der Waals surface area contributed by atoms with Gasteiger partial charge in [-0.15, -0.1) is 0 Å². The van der Waals surface area contributed by atoms with E-state index in [4.69, 9.17) is 16.6 Å². The summed E-state index contributed by atoms with van der Waals surface area (Å²) in [6.45, 7) is 9.66. The fourth-order valence-corrected chi connectivity index (χ4v) is 5.19. The molecule has 0 bridgehead atoms. The van der Waals surface area contributed by atoms with Crippen LogP contribution in [-0.4, -0.2) is 41.9 Å². The summed E-state index contributed by atoms with van der Waals surface area (Å²) in [6.07, 6.45) is 4.99. The van der Waals surface area contributed by atoms with E-state index in [1.54, 1.807) is 12.4 Å². The summed E-state index contributed by atoms with van der Waals surface area (Å²) in [4.78, 5) is 22.6. The zero-order chi connectivity index (χ0) is 23.3. The molecule has 1 fully saturated rings. The molecule has 7 nitrogen and oxygen atoms in total. The molecule has 2 aromatic heterocycles. The van der Waals surface area contributed by atoms with Crippen molar-refractivity contribution >= 4 is 28.5 Å². The maximum absolute atomic E-state index is 14.0. The second kappa shape index (κ2) is 7.99. The van der Waals surface area contributed by atoms with Gasteiger partial charge in [0.2, 0.25) is 0 Å². The number of likely N-dealkylation sites (tertiary alicyclic amines) is 1. The minimum Gasteiger partial charge on any atom is -0.326 e. The van der Waals surface area contributed by atoms with Gasteiger partial charge in [-0.25, -0.2) is 4.98 Å². The third-order valence-electron chi connectivity index (χ3n) is 6.81. The molecule has 5 rings (SSSR count). The van der Waals surface area contributed by atoms with E-state index in [0.717, 1.165) is 47.4 Å². The van der Waals surface area contributed by atoms with E-state index in [9.17, 15) is 4.79 Å². The monoisotopic (exact) mass is 462 g/mol. The second-order valence-corrected chi connectivity index (χ2v) is 9.30. The SMILES string of the molecule is CCn1c([C@]2(C)CCCN2C(=O)c2cc(C)ccc2-n2nccn2)nc2c(C)c(Cl)ccc21. The lowest BCUT2D eigenvalue weighted by molar-refractivity contribution is 0.0598. The molecule has 33 heavy (non-hydrogen) atoms. The van der Waals surface area contributed by atoms with Gasteiger partial charge in [-0.1, -0.05) is 23.2 Å². The summed E-state index contributed by atoms with van der Waals surface area (Å²) < 4.78 is 2.22. The van der Waals surface area contributed by atoms with Gasteiger partial charge in [0, 0.05) is 18.1 Å². The number of benzene rings is 2. The molecular formula is C25H27ClN6O. The smallest absolute Gasteiger partial charge is 0.256 e. The van der Waals surface area contributed by atoms with Gasteiger partial charge in [0.05, 0.1) is 40.2 Å². The zero-order valence-electron chi connectivity index (χ0n) is 19.3. The first kappa shape index (κ1) is 21.6. The number of halogens is 1. The fourth-order valence-electron chi connectivity index (χ4n) is 5.03. The molecule has 4 aromatic rings. The highest BCUT2D eigenvalue weighted by Crippen LogP contribution is 2.41. The van der Waals surface area contributed by atoms with Crippen molar-refractivity contribution in [2.24, 2.45) is 0 Å². The molecule has 0 aliphatic carbocycles. The molecule has 1 saturated heterocycles. The standard InChI is InChI=1S/C25H27ClN6O/c1-5-30-21-10-8-19(26)17(3)22(21)29-24(30)25(4)11-6-14-31(25)23(33)18-15-16(2)7-9-20(18)32-27-12-13-28-32/h7-10,12-13,15H,5-6,11,14H2,1-4H3/t25-/m0/s1. The number of aryl methyl sites for hydroxylation is 3. The van der Waals surface area contributed by atoms with Crippen LogP contribution in [0.25, 0.3) is 16.7 Å². The van der Waals surface area contributed by atoms with Gasteiger partial charge in [-0.3, -0.25) is 4.79 Å². The lowest BCUT2D eigenvalue weighted by Crippen LogP contribution is -2.45. The Kier molecular flexibility index (Phi) is 5.24. The Morgan fingerprint density at radius 1 is 1.15 bits per heavy atom. The first-order chi connectivity index (χ1) is 15.8. The van der Waals surface area contributed by atoms with Gasteiger partial charge in [0.25, 0.3) is 5.91 Å². The quantitative estimate of drug-likeness (QED) is 0.425. The Balaban J connectivity index is 1.64. The third-order valence-corrected chi connectivity index (χ3v) is 7.22. The molecule has 0 unspecified atom stereocenters. The third kappa shape index (κ3) is 3.33. The minimum atomic E-state index is -0.538. The number of imidazole rings is 1. The number of rotatable bonds is 4. The van der Waals surface area contributed by atoms with Crippen molar-refractivity contribution in [1.29, 1.82) is 0 Å². The Bertz CT molecular complexity index is 1360. The van der Waals surface area contributed by atoms with Crippen LogP contribution in [0.15, 0.2) is 42.7 Å². The van der Waals surface area contributed by atoms with Gasteiger partial charge in [-0.05, 0) is 70.4 Å². The molecule has 0 saturated carbocycles. The van der Waals surface area contributed by atoms with Crippen LogP contribution >= 0.6 is 11.6 Å². The van der Waals surface area contributed by atoms with E-state index in [2.05, 4.69) is 28.6 Å². The lowest BCUT2D eigenvalue weighted by Gasteiger charge is -2.35. The topological polar surface area (TPSA) is 68.8 Å². The van der Waals surface area contributed by atoms with E-state index in [1.807, 2.05) is 49.1 Å². The predicted octanol–water partition coefficient (Wildman–Crippen LogP) is 5.06. The van der Waals surface area contributed by atoms with Gasteiger partial charge in [-0.2, -0.15) is 15.0 Å². The number of carbonyl (C=O) groups excluding carboxylic acids is 1. The number of aromatic nitrogens is 5. The average Bonchev–Trinajstić information content (AvgIpc) is 3.54. The Labute approximate surface area is 198 Å². The molecule has 0 spiro atoms. The Hall–Kier alpha value is -3.19. The van der Waals surface area contributed by atoms with Crippen molar-refractivity contribution in [3.8, 4) is 5.69 Å². The maximum atomic E-state index is 14.0. The maximum Gasteiger partial charge on any atom is 0.256 e. The van der Waals surface area contributed by atoms with E-state index in [-0.39, 0.29) is 5.91 Å². The van der Waals surface area contributed by atoms with Crippen molar-refractivity contribution in [3.63, 3.8) is 0 Å². The zero-order valence-corrected chi connectivity index (χ0v) is 20.1. The molecule has 0 radical (unpaired) electrons. The molecule has 1 atom stereocenters. The predicted molar refractivity (Wildman–Crippen MR) is 129 cm³/mol. The van der Waals surface area contributed by atoms with E-state index < -0.39 is 5.54 Å². The van der Waals surface area contributed by atoms with E-state index >= 15 is 0 Å². The number of hydrogen-bond acceptors (Lipinski definition) is 4. The summed E-state index contributed by atoms with van der Waals surface area (Å²) in [5.74, 6) is 0.873. The van der Waals surface area contributed by atoms with Gasteiger partial charge < -0.3 is 9.47 Å². The Morgan fingerprint density at radius 2 is 1.91 bits per heavy atom. The highest BCUT2D eigenvalue weighted by Gasteiger charge is 2.45. The van der Waals surface area contributed by atoms with Crippen LogP contribution < -0.4 is 0 Å². The molecule has 1 aliphatic heterocycles. The van der Waals surface area contributed by atoms with Crippen molar-refractivity contribution in [2.45, 2.75) is 52.6 Å². The van der Waals surface area contributed by atoms with Crippen LogP contribution in [-0.2, 0) is 12.1 Å². The average molecular weight is 463 g/mol. The first-order valence-electron chi connectivity index (χ1n) is 11.3. The van der Waals surface area contributed by atoms with Crippen LogP contribution in [0, 0.1) is 13.8 Å². The van der Waals surface area contributed by atoms with Crippen molar-refractivity contribution in [3.05, 3.63) is 70.3 Å². The molecule has 170 valence electrons. The summed E-state index contributed by atoms with van der Waals surface area (Å²) in [6, 6.07) is 9.75. The van der Waals surface area contributed by atoms with Crippen LogP contribution in [0.3, 0.4) is 0 Å². The molecule has 3 heterocycles. The summed E-state index contributed by atoms with van der Waals surface area (Å²) >= 11 is 6.40. The molecular weight excluding hydrogens is 436 g/mol. The summed E-state index contributed by atoms with van der Waals surface area (Å²) in [5, 5.41) is 9.22. The minimum absolute atomic E-state index is 0.0320. The number of fused-ring (bicyclic) bond motifs is 1. The van der Waals surface area contributed by atoms with Crippen LogP contribution in [0.5, 0.6) is 0 Å². The number of hydrogen-bond donors (Lipinski definition) is 0. The fraction of sp³-hybridized carbons (Fsp3) is 0.360. The number of amides is 1. The van der Waals surface area contributed by atoms with Gasteiger partial charge in [0.15, 0.2) is 0 Å². The van der Waals surface area contributed by atoms with E-state index in [1.165, 1.54) is 4.80 Å². The van der Waals surface area contributed by atoms with Crippen LogP contribution in [0.4, 0.5) is 0 Å². The molecule has 2 aromatic carbocycles. The van der Waals surface area contributed by atoms with Crippen molar-refractivity contribution in [1.82, 2.24) is 29.4 Å². The highest BCUT2D eigenvalue weighted by molar-refractivity contribution is 6.32. The highest BCUT2D eigenvalue weighted by atomic mass is 35.5. The largest absolute Gasteiger partial charge is 0.326 e. The lowest BCUT2D eigenvalue weighted by atomic mass is 9.96. The molecule has 8 heteroatoms. The van der Waals surface area contributed by atoms with Crippen LogP contribution in [0.1, 0.15) is 54.0 Å². The Morgan fingerprint density at radius 3 is 2.64 bits per heavy atom. The molecule has 0 N–H and O–H groups in total. The van der Waals surface area contributed by atoms with Crippen LogP contribution in [0.2, 0.25) is 5.02 Å².